The van der Waals surface area contributed by atoms with E-state index in [1.54, 1.807) is 17.0 Å². The van der Waals surface area contributed by atoms with Crippen molar-refractivity contribution < 1.29 is 19.0 Å². The molecule has 200 valence electrons. The molecule has 9 nitrogen and oxygen atoms in total. The van der Waals surface area contributed by atoms with Gasteiger partial charge in [0.25, 0.3) is 5.91 Å². The number of fused-ring (bicyclic) bond motifs is 1. The second kappa shape index (κ2) is 10.8. The topological polar surface area (TPSA) is 137 Å². The molecule has 2 aromatic heterocycles. The largest absolute Gasteiger partial charge is 0.493 e. The third-order valence-electron chi connectivity index (χ3n) is 6.40. The molecule has 0 aliphatic carbocycles. The molecule has 0 aliphatic rings. The maximum absolute atomic E-state index is 14.2. The molecular formula is C30H25N5O4S. The third-order valence-corrected chi connectivity index (χ3v) is 7.48. The Bertz CT molecular complexity index is 1700. The lowest BCUT2D eigenvalue weighted by Crippen LogP contribution is -2.25. The van der Waals surface area contributed by atoms with Crippen LogP contribution in [0.1, 0.15) is 15.2 Å². The van der Waals surface area contributed by atoms with Crippen LogP contribution in [0.5, 0.6) is 17.2 Å². The molecule has 2 heterocycles. The highest BCUT2D eigenvalue weighted by Gasteiger charge is 2.29. The molecular weight excluding hydrogens is 526 g/mol. The van der Waals surface area contributed by atoms with Crippen molar-refractivity contribution in [2.75, 3.05) is 37.7 Å². The van der Waals surface area contributed by atoms with E-state index in [0.29, 0.717) is 50.0 Å². The van der Waals surface area contributed by atoms with Crippen LogP contribution < -0.4 is 30.6 Å². The number of nitrogens with zero attached hydrogens (tertiary/aromatic N) is 3. The van der Waals surface area contributed by atoms with Gasteiger partial charge >= 0.3 is 0 Å². The van der Waals surface area contributed by atoms with Gasteiger partial charge in [-0.15, -0.1) is 11.3 Å². The molecule has 0 radical (unpaired) electrons. The number of thiophene rings is 1. The van der Waals surface area contributed by atoms with E-state index in [-0.39, 0.29) is 27.9 Å². The Morgan fingerprint density at radius 3 is 1.93 bits per heavy atom. The number of anilines is 4. The number of ether oxygens (including phenoxy) is 3. The number of aromatic nitrogens is 1. The second-order valence-electron chi connectivity index (χ2n) is 8.61. The number of nitriles is 1. The first kappa shape index (κ1) is 26.3. The third kappa shape index (κ3) is 4.38. The highest BCUT2D eigenvalue weighted by molar-refractivity contribution is 7.21. The van der Waals surface area contributed by atoms with Crippen LogP contribution in [-0.4, -0.2) is 32.2 Å². The van der Waals surface area contributed by atoms with Crippen LogP contribution in [0.3, 0.4) is 0 Å². The summed E-state index contributed by atoms with van der Waals surface area (Å²) in [6.45, 7) is 0. The van der Waals surface area contributed by atoms with Gasteiger partial charge in [-0.25, -0.2) is 4.98 Å². The number of nitrogen functional groups attached to an aromatic ring is 2. The normalized spacial score (nSPS) is 10.7. The van der Waals surface area contributed by atoms with E-state index in [1.165, 1.54) is 21.3 Å². The molecule has 40 heavy (non-hydrogen) atoms. The fourth-order valence-electron chi connectivity index (χ4n) is 4.60. The first-order valence-electron chi connectivity index (χ1n) is 12.1. The number of methoxy groups -OCH3 is 3. The van der Waals surface area contributed by atoms with Crippen LogP contribution in [0.25, 0.3) is 21.3 Å². The molecule has 5 aromatic rings. The molecule has 10 heteroatoms. The van der Waals surface area contributed by atoms with Crippen LogP contribution in [-0.2, 0) is 0 Å². The summed E-state index contributed by atoms with van der Waals surface area (Å²) >= 11 is 1.12. The molecule has 0 fully saturated rings. The Morgan fingerprint density at radius 1 is 0.900 bits per heavy atom. The van der Waals surface area contributed by atoms with Crippen LogP contribution in [0.15, 0.2) is 72.8 Å². The summed E-state index contributed by atoms with van der Waals surface area (Å²) in [5.74, 6) is 0.830. The monoisotopic (exact) mass is 551 g/mol. The lowest BCUT2D eigenvalue weighted by molar-refractivity contribution is 0.100. The van der Waals surface area contributed by atoms with Crippen molar-refractivity contribution in [1.29, 1.82) is 5.26 Å². The van der Waals surface area contributed by atoms with Gasteiger partial charge in [-0.05, 0) is 42.0 Å². The van der Waals surface area contributed by atoms with Crippen LogP contribution in [0.2, 0.25) is 0 Å². The molecule has 0 aliphatic heterocycles. The van der Waals surface area contributed by atoms with Gasteiger partial charge < -0.3 is 25.7 Å². The molecule has 0 bridgehead atoms. The molecule has 5 rings (SSSR count). The summed E-state index contributed by atoms with van der Waals surface area (Å²) in [7, 11) is 4.50. The Morgan fingerprint density at radius 2 is 1.45 bits per heavy atom. The quantitative estimate of drug-likeness (QED) is 0.251. The van der Waals surface area contributed by atoms with Gasteiger partial charge in [-0.2, -0.15) is 5.26 Å². The van der Waals surface area contributed by atoms with Crippen molar-refractivity contribution in [2.24, 2.45) is 0 Å². The molecule has 1 amide bonds. The number of carbonyl (C=O) groups excluding carboxylic acids is 1. The summed E-state index contributed by atoms with van der Waals surface area (Å²) in [5.41, 5.74) is 15.6. The maximum Gasteiger partial charge on any atom is 0.275 e. The van der Waals surface area contributed by atoms with E-state index >= 15 is 0 Å². The molecule has 0 spiro atoms. The lowest BCUT2D eigenvalue weighted by Gasteiger charge is -2.22. The first-order chi connectivity index (χ1) is 19.4. The van der Waals surface area contributed by atoms with Crippen LogP contribution in [0, 0.1) is 11.3 Å². The fraction of sp³-hybridized carbons (Fsp3) is 0.100. The van der Waals surface area contributed by atoms with Gasteiger partial charge in [0.2, 0.25) is 5.75 Å². The SMILES string of the molecule is COc1cc(-c2c(C#N)c(N)nc3sc(C(=O)N(c4ccccc4)c4ccccc4)c(N)c23)cc(OC)c1OC. The first-order valence-corrected chi connectivity index (χ1v) is 12.9. The number of pyridine rings is 1. The molecule has 3 aromatic carbocycles. The number of carbonyl (C=O) groups is 1. The van der Waals surface area contributed by atoms with E-state index in [0.717, 1.165) is 11.3 Å². The maximum atomic E-state index is 14.2. The predicted molar refractivity (Wildman–Crippen MR) is 158 cm³/mol. The predicted octanol–water partition coefficient (Wildman–Crippen LogP) is 6.00. The van der Waals surface area contributed by atoms with Gasteiger partial charge in [-0.1, -0.05) is 36.4 Å². The van der Waals surface area contributed by atoms with Gasteiger partial charge in [0.15, 0.2) is 11.5 Å². The Labute approximate surface area is 234 Å². The van der Waals surface area contributed by atoms with Gasteiger partial charge in [-0.3, -0.25) is 9.69 Å². The van der Waals surface area contributed by atoms with Crippen molar-refractivity contribution in [2.45, 2.75) is 0 Å². The van der Waals surface area contributed by atoms with Gasteiger partial charge in [0.1, 0.15) is 27.2 Å². The van der Waals surface area contributed by atoms with E-state index in [9.17, 15) is 10.1 Å². The van der Waals surface area contributed by atoms with Crippen LogP contribution >= 0.6 is 11.3 Å². The van der Waals surface area contributed by atoms with E-state index in [2.05, 4.69) is 11.1 Å². The lowest BCUT2D eigenvalue weighted by atomic mass is 9.96. The number of nitrogens with two attached hydrogens (primary N) is 2. The molecule has 0 saturated carbocycles. The van der Waals surface area contributed by atoms with E-state index in [4.69, 9.17) is 25.7 Å². The highest BCUT2D eigenvalue weighted by Crippen LogP contribution is 2.47. The number of hydrogen-bond acceptors (Lipinski definition) is 9. The average Bonchev–Trinajstić information content (AvgIpc) is 3.32. The zero-order valence-corrected chi connectivity index (χ0v) is 22.8. The molecule has 0 unspecified atom stereocenters. The van der Waals surface area contributed by atoms with Crippen molar-refractivity contribution in [1.82, 2.24) is 4.98 Å². The number of rotatable bonds is 7. The second-order valence-corrected chi connectivity index (χ2v) is 9.61. The summed E-state index contributed by atoms with van der Waals surface area (Å²) < 4.78 is 16.5. The number of benzene rings is 3. The molecule has 0 atom stereocenters. The summed E-state index contributed by atoms with van der Waals surface area (Å²) in [6.07, 6.45) is 0. The highest BCUT2D eigenvalue weighted by atomic mass is 32.1. The summed E-state index contributed by atoms with van der Waals surface area (Å²) in [5, 5.41) is 10.5. The van der Waals surface area contributed by atoms with Crippen LogP contribution in [0.4, 0.5) is 22.9 Å². The molecule has 4 N–H and O–H groups in total. The summed E-state index contributed by atoms with van der Waals surface area (Å²) in [6, 6.07) is 24.1. The minimum absolute atomic E-state index is 0.0157. The zero-order chi connectivity index (χ0) is 28.4. The van der Waals surface area contributed by atoms with Crippen molar-refractivity contribution in [3.05, 3.63) is 83.2 Å². The summed E-state index contributed by atoms with van der Waals surface area (Å²) in [4.78, 5) is 20.9. The minimum atomic E-state index is -0.342. The van der Waals surface area contributed by atoms with E-state index in [1.807, 2.05) is 60.7 Å². The Hall–Kier alpha value is -5.27. The molecule has 0 saturated heterocycles. The number of amides is 1. The van der Waals surface area contributed by atoms with Gasteiger partial charge in [0, 0.05) is 22.3 Å². The average molecular weight is 552 g/mol. The van der Waals surface area contributed by atoms with Crippen molar-refractivity contribution in [3.8, 4) is 34.4 Å². The fourth-order valence-corrected chi connectivity index (χ4v) is 5.64. The minimum Gasteiger partial charge on any atom is -0.493 e. The Balaban J connectivity index is 1.78. The standard InChI is InChI=1S/C30H25N5O4S/c1-37-21-14-17(15-22(38-2)26(21)39-3)23-20(16-31)28(33)34-29-24(23)25(32)27(40-29)30(36)35(18-10-6-4-7-11-18)19-12-8-5-9-13-19/h4-15H,32H2,1-3H3,(H2,33,34). The van der Waals surface area contributed by atoms with Crippen molar-refractivity contribution in [3.63, 3.8) is 0 Å². The van der Waals surface area contributed by atoms with E-state index < -0.39 is 0 Å². The Kier molecular flexibility index (Phi) is 7.14. The number of hydrogen-bond donors (Lipinski definition) is 2. The zero-order valence-electron chi connectivity index (χ0n) is 22.0. The van der Waals surface area contributed by atoms with Gasteiger partial charge in [0.05, 0.1) is 27.0 Å². The van der Waals surface area contributed by atoms with Crippen molar-refractivity contribution >= 4 is 50.3 Å². The smallest absolute Gasteiger partial charge is 0.275 e. The number of para-hydroxylation sites is 2.